The number of aliphatic hydroxyl groups is 1. The molecule has 2 rings (SSSR count). The zero-order valence-electron chi connectivity index (χ0n) is 9.91. The molecule has 0 saturated heterocycles. The van der Waals surface area contributed by atoms with E-state index in [1.54, 1.807) is 18.6 Å². The van der Waals surface area contributed by atoms with Crippen LogP contribution in [0, 0.1) is 0 Å². The predicted molar refractivity (Wildman–Crippen MR) is 63.3 cm³/mol. The van der Waals surface area contributed by atoms with Crippen molar-refractivity contribution in [1.82, 2.24) is 19.5 Å². The Morgan fingerprint density at radius 3 is 2.53 bits per heavy atom. The van der Waals surface area contributed by atoms with Gasteiger partial charge in [0.15, 0.2) is 0 Å². The van der Waals surface area contributed by atoms with Gasteiger partial charge in [-0.05, 0) is 0 Å². The van der Waals surface area contributed by atoms with Gasteiger partial charge in [-0.2, -0.15) is 0 Å². The van der Waals surface area contributed by atoms with Crippen LogP contribution in [0.3, 0.4) is 0 Å². The summed E-state index contributed by atoms with van der Waals surface area (Å²) in [6, 6.07) is 0. The van der Waals surface area contributed by atoms with E-state index < -0.39 is 0 Å². The number of aliphatic hydroxyl groups excluding tert-OH is 1. The summed E-state index contributed by atoms with van der Waals surface area (Å²) in [6.07, 6.45) is 6.91. The van der Waals surface area contributed by atoms with Gasteiger partial charge in [-0.15, -0.1) is 0 Å². The van der Waals surface area contributed by atoms with E-state index in [-0.39, 0.29) is 6.61 Å². The molecule has 0 radical (unpaired) electrons. The molecule has 0 bridgehead atoms. The van der Waals surface area contributed by atoms with Crippen LogP contribution >= 0.6 is 0 Å². The maximum absolute atomic E-state index is 8.90. The lowest BCUT2D eigenvalue weighted by molar-refractivity contribution is 0.281. The lowest BCUT2D eigenvalue weighted by Crippen LogP contribution is -2.21. The van der Waals surface area contributed by atoms with E-state index in [0.717, 1.165) is 5.82 Å². The van der Waals surface area contributed by atoms with Crippen molar-refractivity contribution in [2.75, 3.05) is 11.9 Å². The molecule has 17 heavy (non-hydrogen) atoms. The van der Waals surface area contributed by atoms with Crippen LogP contribution in [0.15, 0.2) is 24.8 Å². The highest BCUT2D eigenvalue weighted by molar-refractivity contribution is 5.28. The molecule has 0 atom stereocenters. The van der Waals surface area contributed by atoms with E-state index in [9.17, 15) is 0 Å². The summed E-state index contributed by atoms with van der Waals surface area (Å²) in [4.78, 5) is 14.5. The fourth-order valence-electron chi connectivity index (χ4n) is 1.46. The maximum atomic E-state index is 8.90. The van der Waals surface area contributed by atoms with Gasteiger partial charge in [-0.1, -0.05) is 0 Å². The van der Waals surface area contributed by atoms with E-state index in [2.05, 4.69) is 15.0 Å². The lowest BCUT2D eigenvalue weighted by Gasteiger charge is -2.16. The number of anilines is 1. The van der Waals surface area contributed by atoms with Gasteiger partial charge in [0.2, 0.25) is 5.95 Å². The Balaban J connectivity index is 2.09. The van der Waals surface area contributed by atoms with Crippen molar-refractivity contribution in [3.63, 3.8) is 0 Å². The number of imidazole rings is 1. The quantitative estimate of drug-likeness (QED) is 0.824. The molecule has 6 heteroatoms. The Bertz CT molecular complexity index is 479. The van der Waals surface area contributed by atoms with Crippen molar-refractivity contribution in [2.45, 2.75) is 13.2 Å². The van der Waals surface area contributed by atoms with Crippen molar-refractivity contribution in [3.05, 3.63) is 36.2 Å². The summed E-state index contributed by atoms with van der Waals surface area (Å²) in [5, 5.41) is 8.90. The van der Waals surface area contributed by atoms with Gasteiger partial charge in [-0.3, -0.25) is 0 Å². The normalized spacial score (nSPS) is 10.5. The SMILES string of the molecule is CN(Cc1nccn1C)c1ncc(CO)cn1. The minimum Gasteiger partial charge on any atom is -0.392 e. The van der Waals surface area contributed by atoms with E-state index in [0.29, 0.717) is 18.1 Å². The van der Waals surface area contributed by atoms with Gasteiger partial charge in [0.05, 0.1) is 13.2 Å². The fraction of sp³-hybridized carbons (Fsp3) is 0.364. The first-order chi connectivity index (χ1) is 8.20. The molecule has 0 aliphatic rings. The lowest BCUT2D eigenvalue weighted by atomic mass is 10.4. The van der Waals surface area contributed by atoms with Crippen molar-refractivity contribution in [3.8, 4) is 0 Å². The first-order valence-corrected chi connectivity index (χ1v) is 5.30. The average molecular weight is 233 g/mol. The molecule has 90 valence electrons. The summed E-state index contributed by atoms with van der Waals surface area (Å²) < 4.78 is 1.96. The third-order valence-corrected chi connectivity index (χ3v) is 2.52. The molecule has 1 N–H and O–H groups in total. The van der Waals surface area contributed by atoms with Crippen molar-refractivity contribution < 1.29 is 5.11 Å². The predicted octanol–water partition coefficient (Wildman–Crippen LogP) is 0.339. The standard InChI is InChI=1S/C11H15N5O/c1-15-4-3-12-10(15)7-16(2)11-13-5-9(8-17)6-14-11/h3-6,17H,7-8H2,1-2H3. The van der Waals surface area contributed by atoms with E-state index in [1.807, 2.05) is 29.8 Å². The highest BCUT2D eigenvalue weighted by atomic mass is 16.3. The molecule has 0 amide bonds. The summed E-state index contributed by atoms with van der Waals surface area (Å²) in [5.41, 5.74) is 0.708. The molecular weight excluding hydrogens is 218 g/mol. The Morgan fingerprint density at radius 2 is 2.00 bits per heavy atom. The Hall–Kier alpha value is -1.95. The smallest absolute Gasteiger partial charge is 0.225 e. The molecule has 0 aromatic carbocycles. The zero-order valence-corrected chi connectivity index (χ0v) is 9.91. The third-order valence-electron chi connectivity index (χ3n) is 2.52. The van der Waals surface area contributed by atoms with Crippen molar-refractivity contribution >= 4 is 5.95 Å². The number of rotatable bonds is 4. The molecular formula is C11H15N5O. The van der Waals surface area contributed by atoms with Crippen molar-refractivity contribution in [2.24, 2.45) is 7.05 Å². The summed E-state index contributed by atoms with van der Waals surface area (Å²) in [5.74, 6) is 1.56. The molecule has 0 saturated carbocycles. The monoisotopic (exact) mass is 233 g/mol. The molecule has 0 fully saturated rings. The second-order valence-electron chi connectivity index (χ2n) is 3.86. The minimum absolute atomic E-state index is 0.0383. The van der Waals surface area contributed by atoms with Crippen LogP contribution in [-0.4, -0.2) is 31.7 Å². The molecule has 0 aliphatic carbocycles. The molecule has 0 unspecified atom stereocenters. The topological polar surface area (TPSA) is 67.1 Å². The van der Waals surface area contributed by atoms with Crippen LogP contribution < -0.4 is 4.90 Å². The van der Waals surface area contributed by atoms with Crippen LogP contribution in [0.4, 0.5) is 5.95 Å². The second-order valence-corrected chi connectivity index (χ2v) is 3.86. The number of hydrogen-bond donors (Lipinski definition) is 1. The summed E-state index contributed by atoms with van der Waals surface area (Å²) in [7, 11) is 3.86. The number of hydrogen-bond acceptors (Lipinski definition) is 5. The van der Waals surface area contributed by atoms with Crippen LogP contribution in [0.5, 0.6) is 0 Å². The highest BCUT2D eigenvalue weighted by Gasteiger charge is 2.07. The third kappa shape index (κ3) is 2.59. The molecule has 6 nitrogen and oxygen atoms in total. The highest BCUT2D eigenvalue weighted by Crippen LogP contribution is 2.08. The Kier molecular flexibility index (Phi) is 3.34. The second kappa shape index (κ2) is 4.92. The number of nitrogens with zero attached hydrogens (tertiary/aromatic N) is 5. The number of aryl methyl sites for hydroxylation is 1. The van der Waals surface area contributed by atoms with Gasteiger partial charge >= 0.3 is 0 Å². The molecule has 2 heterocycles. The number of aromatic nitrogens is 4. The molecule has 2 aromatic rings. The minimum atomic E-state index is -0.0383. The molecule has 2 aromatic heterocycles. The first kappa shape index (κ1) is 11.5. The molecule has 0 aliphatic heterocycles. The Labute approximate surface area is 99.6 Å². The van der Waals surface area contributed by atoms with Crippen molar-refractivity contribution in [1.29, 1.82) is 0 Å². The fourth-order valence-corrected chi connectivity index (χ4v) is 1.46. The van der Waals surface area contributed by atoms with Crippen LogP contribution in [0.1, 0.15) is 11.4 Å². The largest absolute Gasteiger partial charge is 0.392 e. The van der Waals surface area contributed by atoms with E-state index in [1.165, 1.54) is 0 Å². The molecule has 0 spiro atoms. The summed E-state index contributed by atoms with van der Waals surface area (Å²) in [6.45, 7) is 0.603. The van der Waals surface area contributed by atoms with Crippen LogP contribution in [-0.2, 0) is 20.2 Å². The maximum Gasteiger partial charge on any atom is 0.225 e. The van der Waals surface area contributed by atoms with Gasteiger partial charge in [0, 0.05) is 44.4 Å². The van der Waals surface area contributed by atoms with Gasteiger partial charge in [-0.25, -0.2) is 15.0 Å². The Morgan fingerprint density at radius 1 is 1.29 bits per heavy atom. The summed E-state index contributed by atoms with van der Waals surface area (Å²) >= 11 is 0. The van der Waals surface area contributed by atoms with Gasteiger partial charge in [0.1, 0.15) is 5.82 Å². The van der Waals surface area contributed by atoms with Gasteiger partial charge in [0.25, 0.3) is 0 Å². The van der Waals surface area contributed by atoms with Crippen LogP contribution in [0.25, 0.3) is 0 Å². The van der Waals surface area contributed by atoms with Crippen LogP contribution in [0.2, 0.25) is 0 Å². The van der Waals surface area contributed by atoms with E-state index in [4.69, 9.17) is 5.11 Å². The van der Waals surface area contributed by atoms with E-state index >= 15 is 0 Å². The van der Waals surface area contributed by atoms with Gasteiger partial charge < -0.3 is 14.6 Å². The first-order valence-electron chi connectivity index (χ1n) is 5.30. The zero-order chi connectivity index (χ0) is 12.3. The average Bonchev–Trinajstić information content (AvgIpc) is 2.75.